The lowest BCUT2D eigenvalue weighted by Crippen LogP contribution is -2.25. The van der Waals surface area contributed by atoms with Crippen LogP contribution >= 0.6 is 0 Å². The lowest BCUT2D eigenvalue weighted by atomic mass is 10.0. The van der Waals surface area contributed by atoms with E-state index in [1.165, 1.54) is 0 Å². The normalized spacial score (nSPS) is 17.1. The number of carboxylic acids is 1. The van der Waals surface area contributed by atoms with E-state index in [1.807, 2.05) is 60.7 Å². The number of carboxylic acid groups (broad SMARTS) is 1. The number of hydrogen-bond acceptors (Lipinski definition) is 5. The fourth-order valence-electron chi connectivity index (χ4n) is 3.18. The number of sulfone groups is 1. The van der Waals surface area contributed by atoms with Crippen LogP contribution in [0, 0.1) is 5.92 Å². The van der Waals surface area contributed by atoms with Gasteiger partial charge in [-0.25, -0.2) is 8.42 Å². The van der Waals surface area contributed by atoms with Crippen LogP contribution < -0.4 is 0 Å². The Kier molecular flexibility index (Phi) is 6.93. The van der Waals surface area contributed by atoms with Crippen molar-refractivity contribution in [3.8, 4) is 0 Å². The van der Waals surface area contributed by atoms with Gasteiger partial charge >= 0.3 is 5.97 Å². The first-order chi connectivity index (χ1) is 13.9. The Balaban J connectivity index is 1.54. The lowest BCUT2D eigenvalue weighted by Gasteiger charge is -2.14. The van der Waals surface area contributed by atoms with Crippen LogP contribution in [0.15, 0.2) is 72.0 Å². The molecule has 0 aliphatic carbocycles. The molecule has 7 heteroatoms. The fraction of sp³-hybridized carbons (Fsp3) is 0.318. The van der Waals surface area contributed by atoms with Crippen LogP contribution in [0.1, 0.15) is 24.0 Å². The van der Waals surface area contributed by atoms with Crippen molar-refractivity contribution in [3.63, 3.8) is 0 Å². The Morgan fingerprint density at radius 3 is 2.24 bits per heavy atom. The Labute approximate surface area is 170 Å². The maximum atomic E-state index is 12.6. The molecule has 2 aromatic carbocycles. The Bertz CT molecular complexity index is 938. The van der Waals surface area contributed by atoms with Crippen molar-refractivity contribution in [3.05, 3.63) is 83.1 Å². The zero-order valence-electron chi connectivity index (χ0n) is 15.9. The number of carbonyl (C=O) groups is 1. The number of ether oxygens (including phenoxy) is 2. The van der Waals surface area contributed by atoms with Gasteiger partial charge in [0.25, 0.3) is 0 Å². The van der Waals surface area contributed by atoms with E-state index in [0.717, 1.165) is 17.4 Å². The van der Waals surface area contributed by atoms with Crippen LogP contribution in [0.2, 0.25) is 0 Å². The first kappa shape index (κ1) is 20.9. The number of benzene rings is 2. The summed E-state index contributed by atoms with van der Waals surface area (Å²) in [6.07, 6.45) is 2.30. The van der Waals surface area contributed by atoms with Crippen molar-refractivity contribution in [1.82, 2.24) is 0 Å². The molecule has 1 heterocycles. The third kappa shape index (κ3) is 6.09. The Morgan fingerprint density at radius 2 is 1.62 bits per heavy atom. The number of hydrogen-bond donors (Lipinski definition) is 1. The minimum Gasteiger partial charge on any atom is -0.481 e. The summed E-state index contributed by atoms with van der Waals surface area (Å²) in [6.45, 7) is 0. The molecule has 0 spiro atoms. The summed E-state index contributed by atoms with van der Waals surface area (Å²) < 4.78 is 36.1. The summed E-state index contributed by atoms with van der Waals surface area (Å²) in [5, 5.41) is 9.17. The molecule has 2 atom stereocenters. The van der Waals surface area contributed by atoms with E-state index >= 15 is 0 Å². The second-order valence-electron chi connectivity index (χ2n) is 7.00. The third-order valence-electron chi connectivity index (χ3n) is 4.75. The average molecular weight is 416 g/mol. The lowest BCUT2D eigenvalue weighted by molar-refractivity contribution is -0.141. The van der Waals surface area contributed by atoms with Gasteiger partial charge in [-0.1, -0.05) is 60.7 Å². The van der Waals surface area contributed by atoms with Gasteiger partial charge in [-0.05, 0) is 30.4 Å². The average Bonchev–Trinajstić information content (AvgIpc) is 3.18. The van der Waals surface area contributed by atoms with Gasteiger partial charge < -0.3 is 14.6 Å². The van der Waals surface area contributed by atoms with Crippen molar-refractivity contribution in [2.45, 2.75) is 32.0 Å². The van der Waals surface area contributed by atoms with E-state index < -0.39 is 33.8 Å². The van der Waals surface area contributed by atoms with Crippen LogP contribution in [-0.4, -0.2) is 31.5 Å². The fourth-order valence-corrected chi connectivity index (χ4v) is 4.64. The summed E-state index contributed by atoms with van der Waals surface area (Å²) in [7, 11) is -3.89. The van der Waals surface area contributed by atoms with E-state index in [-0.39, 0.29) is 11.5 Å². The minimum atomic E-state index is -3.89. The summed E-state index contributed by atoms with van der Waals surface area (Å²) in [5.74, 6) is -2.63. The monoisotopic (exact) mass is 416 g/mol. The topological polar surface area (TPSA) is 89.9 Å². The molecule has 0 saturated heterocycles. The van der Waals surface area contributed by atoms with Crippen molar-refractivity contribution < 1.29 is 27.8 Å². The summed E-state index contributed by atoms with van der Waals surface area (Å²) in [6, 6.07) is 19.1. The van der Waals surface area contributed by atoms with Gasteiger partial charge in [-0.15, -0.1) is 0 Å². The van der Waals surface area contributed by atoms with E-state index in [2.05, 4.69) is 0 Å². The standard InChI is InChI=1S/C22H24O6S/c23-22(24)19(13-7-12-17-8-3-1-4-9-17)16-29(25,26)21-15-27-20(28-21)14-18-10-5-2-6-11-18/h1-6,8-11,15,19-20H,7,12-14,16H2,(H,23,24). The molecule has 154 valence electrons. The summed E-state index contributed by atoms with van der Waals surface area (Å²) in [5.41, 5.74) is 2.05. The van der Waals surface area contributed by atoms with Gasteiger partial charge in [0.05, 0.1) is 11.7 Å². The quantitative estimate of drug-likeness (QED) is 0.637. The molecular formula is C22H24O6S. The van der Waals surface area contributed by atoms with Crippen molar-refractivity contribution in [2.24, 2.45) is 5.92 Å². The highest BCUT2D eigenvalue weighted by Crippen LogP contribution is 2.25. The molecule has 0 amide bonds. The molecule has 0 bridgehead atoms. The molecule has 1 N–H and O–H groups in total. The summed E-state index contributed by atoms with van der Waals surface area (Å²) >= 11 is 0. The zero-order chi connectivity index (χ0) is 20.7. The molecule has 3 rings (SSSR count). The van der Waals surface area contributed by atoms with Gasteiger partial charge in [0.2, 0.25) is 21.2 Å². The third-order valence-corrected chi connectivity index (χ3v) is 6.39. The molecule has 1 aliphatic heterocycles. The molecule has 6 nitrogen and oxygen atoms in total. The Hall–Kier alpha value is -2.80. The number of rotatable bonds is 10. The van der Waals surface area contributed by atoms with Crippen LogP contribution in [0.3, 0.4) is 0 Å². The van der Waals surface area contributed by atoms with Gasteiger partial charge in [-0.2, -0.15) is 0 Å². The van der Waals surface area contributed by atoms with E-state index in [4.69, 9.17) is 9.47 Å². The predicted molar refractivity (Wildman–Crippen MR) is 108 cm³/mol. The molecular weight excluding hydrogens is 392 g/mol. The minimum absolute atomic E-state index is 0.269. The maximum absolute atomic E-state index is 12.6. The molecule has 0 fully saturated rings. The van der Waals surface area contributed by atoms with Crippen LogP contribution in [0.25, 0.3) is 0 Å². The molecule has 0 saturated carbocycles. The molecule has 0 radical (unpaired) electrons. The second kappa shape index (κ2) is 9.60. The molecule has 29 heavy (non-hydrogen) atoms. The first-order valence-corrected chi connectivity index (χ1v) is 11.1. The van der Waals surface area contributed by atoms with Crippen LogP contribution in [-0.2, 0) is 36.9 Å². The highest BCUT2D eigenvalue weighted by Gasteiger charge is 2.34. The van der Waals surface area contributed by atoms with Crippen molar-refractivity contribution in [2.75, 3.05) is 5.75 Å². The zero-order valence-corrected chi connectivity index (χ0v) is 16.8. The van der Waals surface area contributed by atoms with Gasteiger partial charge in [0.15, 0.2) is 0 Å². The highest BCUT2D eigenvalue weighted by atomic mass is 32.2. The first-order valence-electron chi connectivity index (χ1n) is 9.50. The van der Waals surface area contributed by atoms with Gasteiger partial charge in [-0.3, -0.25) is 4.79 Å². The molecule has 1 aliphatic rings. The van der Waals surface area contributed by atoms with Crippen LogP contribution in [0.4, 0.5) is 0 Å². The Morgan fingerprint density at radius 1 is 1.00 bits per heavy atom. The van der Waals surface area contributed by atoms with Crippen LogP contribution in [0.5, 0.6) is 0 Å². The molecule has 2 aromatic rings. The molecule has 0 aromatic heterocycles. The highest BCUT2D eigenvalue weighted by molar-refractivity contribution is 7.95. The van der Waals surface area contributed by atoms with E-state index in [9.17, 15) is 18.3 Å². The summed E-state index contributed by atoms with van der Waals surface area (Å²) in [4.78, 5) is 11.6. The second-order valence-corrected chi connectivity index (χ2v) is 8.97. The SMILES string of the molecule is O=C(O)C(CCCc1ccccc1)CS(=O)(=O)C1=COC(Cc2ccccc2)O1. The van der Waals surface area contributed by atoms with E-state index in [1.54, 1.807) is 0 Å². The van der Waals surface area contributed by atoms with Crippen molar-refractivity contribution in [1.29, 1.82) is 0 Å². The van der Waals surface area contributed by atoms with Gasteiger partial charge in [0, 0.05) is 6.42 Å². The number of aryl methyl sites for hydroxylation is 1. The van der Waals surface area contributed by atoms with Crippen molar-refractivity contribution >= 4 is 15.8 Å². The predicted octanol–water partition coefficient (Wildman–Crippen LogP) is 3.54. The smallest absolute Gasteiger partial charge is 0.307 e. The maximum Gasteiger partial charge on any atom is 0.307 e. The van der Waals surface area contributed by atoms with Gasteiger partial charge in [0.1, 0.15) is 6.26 Å². The number of aliphatic carboxylic acids is 1. The largest absolute Gasteiger partial charge is 0.481 e. The van der Waals surface area contributed by atoms with E-state index in [0.29, 0.717) is 19.3 Å². The molecule has 2 unspecified atom stereocenters.